The molecule has 0 saturated heterocycles. The van der Waals surface area contributed by atoms with E-state index in [-0.39, 0.29) is 23.4 Å². The number of benzene rings is 3. The lowest BCUT2D eigenvalue weighted by Gasteiger charge is -2.14. The topological polar surface area (TPSA) is 72.9 Å². The van der Waals surface area contributed by atoms with Crippen molar-refractivity contribution in [3.63, 3.8) is 0 Å². The predicted octanol–water partition coefficient (Wildman–Crippen LogP) is 8.51. The van der Waals surface area contributed by atoms with E-state index in [1.165, 1.54) is 81.0 Å². The number of imide groups is 1. The summed E-state index contributed by atoms with van der Waals surface area (Å²) in [4.78, 5) is 36.8. The smallest absolute Gasteiger partial charge is 0.258 e. The maximum absolute atomic E-state index is 13.0. The number of ether oxygens (including phenoxy) is 2. The van der Waals surface area contributed by atoms with Gasteiger partial charge in [-0.15, -0.1) is 0 Å². The molecule has 1 aliphatic heterocycles. The summed E-state index contributed by atoms with van der Waals surface area (Å²) in [6.07, 6.45) is 17.6. The molecule has 44 heavy (non-hydrogen) atoms. The van der Waals surface area contributed by atoms with Crippen molar-refractivity contribution in [1.82, 2.24) is 0 Å². The molecule has 1 heterocycles. The van der Waals surface area contributed by atoms with Gasteiger partial charge in [-0.05, 0) is 85.1 Å². The van der Waals surface area contributed by atoms with Crippen molar-refractivity contribution in [2.24, 2.45) is 0 Å². The highest BCUT2D eigenvalue weighted by molar-refractivity contribution is 6.28. The highest BCUT2D eigenvalue weighted by atomic mass is 19.1. The van der Waals surface area contributed by atoms with Gasteiger partial charge in [-0.2, -0.15) is 0 Å². The fraction of sp³-hybridized carbons (Fsp3) is 0.324. The molecule has 2 amide bonds. The van der Waals surface area contributed by atoms with Gasteiger partial charge in [-0.3, -0.25) is 14.4 Å². The third-order valence-electron chi connectivity index (χ3n) is 7.42. The summed E-state index contributed by atoms with van der Waals surface area (Å²) in [6, 6.07) is 20.2. The van der Waals surface area contributed by atoms with Crippen LogP contribution in [0.15, 0.2) is 91.0 Å². The Morgan fingerprint density at radius 1 is 0.614 bits per heavy atom. The monoisotopic (exact) mass is 597 g/mol. The summed E-state index contributed by atoms with van der Waals surface area (Å²) in [5, 5.41) is 0. The third kappa shape index (κ3) is 10.6. The van der Waals surface area contributed by atoms with E-state index in [0.29, 0.717) is 24.5 Å². The molecule has 0 bridgehead atoms. The first kappa shape index (κ1) is 32.4. The van der Waals surface area contributed by atoms with Gasteiger partial charge >= 0.3 is 0 Å². The molecular weight excluding hydrogens is 557 g/mol. The number of allylic oxidation sites excluding steroid dienone is 1. The average molecular weight is 598 g/mol. The highest BCUT2D eigenvalue weighted by Gasteiger charge is 2.24. The van der Waals surface area contributed by atoms with E-state index in [1.54, 1.807) is 30.3 Å². The Hall–Kier alpha value is -4.52. The van der Waals surface area contributed by atoms with Crippen LogP contribution >= 0.6 is 0 Å². The molecule has 0 fully saturated rings. The molecule has 4 rings (SSSR count). The van der Waals surface area contributed by atoms with Gasteiger partial charge in [0, 0.05) is 17.7 Å². The van der Waals surface area contributed by atoms with Crippen LogP contribution in [0.5, 0.6) is 11.5 Å². The number of rotatable bonds is 19. The van der Waals surface area contributed by atoms with Crippen LogP contribution in [0, 0.1) is 5.82 Å². The molecule has 7 heteroatoms. The van der Waals surface area contributed by atoms with E-state index in [2.05, 4.69) is 0 Å². The summed E-state index contributed by atoms with van der Waals surface area (Å²) >= 11 is 0. The number of halogens is 1. The van der Waals surface area contributed by atoms with Gasteiger partial charge in [0.2, 0.25) is 0 Å². The molecule has 0 unspecified atom stereocenters. The average Bonchev–Trinajstić information content (AvgIpc) is 3.38. The Morgan fingerprint density at radius 2 is 1.07 bits per heavy atom. The lowest BCUT2D eigenvalue weighted by Crippen LogP contribution is -2.29. The number of amides is 2. The fourth-order valence-electron chi connectivity index (χ4n) is 4.90. The lowest BCUT2D eigenvalue weighted by atomic mass is 10.1. The molecule has 0 radical (unpaired) electrons. The minimum Gasteiger partial charge on any atom is -0.494 e. The number of ketones is 1. The van der Waals surface area contributed by atoms with Crippen molar-refractivity contribution in [1.29, 1.82) is 0 Å². The highest BCUT2D eigenvalue weighted by Crippen LogP contribution is 2.23. The summed E-state index contributed by atoms with van der Waals surface area (Å²) in [5.41, 5.74) is 1.91. The third-order valence-corrected chi connectivity index (χ3v) is 7.42. The Morgan fingerprint density at radius 3 is 1.57 bits per heavy atom. The van der Waals surface area contributed by atoms with E-state index >= 15 is 0 Å². The Bertz CT molecular complexity index is 1390. The van der Waals surface area contributed by atoms with E-state index < -0.39 is 0 Å². The summed E-state index contributed by atoms with van der Waals surface area (Å²) in [5.74, 6) is 0.404. The number of hydrogen-bond donors (Lipinski definition) is 0. The maximum Gasteiger partial charge on any atom is 0.258 e. The number of hydrogen-bond acceptors (Lipinski definition) is 5. The van der Waals surface area contributed by atoms with Crippen LogP contribution in [-0.4, -0.2) is 30.8 Å². The van der Waals surface area contributed by atoms with Crippen LogP contribution in [-0.2, 0) is 9.59 Å². The lowest BCUT2D eigenvalue weighted by molar-refractivity contribution is -0.119. The van der Waals surface area contributed by atoms with Crippen LogP contribution in [0.2, 0.25) is 0 Å². The zero-order chi connectivity index (χ0) is 31.0. The molecule has 0 aromatic heterocycles. The van der Waals surface area contributed by atoms with Gasteiger partial charge in [-0.25, -0.2) is 9.29 Å². The number of carbonyl (C=O) groups is 3. The van der Waals surface area contributed by atoms with Crippen molar-refractivity contribution >= 4 is 29.4 Å². The molecule has 0 atom stereocenters. The Labute approximate surface area is 259 Å². The molecule has 3 aromatic rings. The second-order valence-corrected chi connectivity index (χ2v) is 10.8. The van der Waals surface area contributed by atoms with E-state index in [1.807, 2.05) is 24.3 Å². The number of nitrogens with zero attached hydrogens (tertiary/aromatic N) is 1. The first-order chi connectivity index (χ1) is 21.5. The van der Waals surface area contributed by atoms with E-state index in [9.17, 15) is 18.8 Å². The van der Waals surface area contributed by atoms with Gasteiger partial charge in [-0.1, -0.05) is 69.6 Å². The van der Waals surface area contributed by atoms with Crippen LogP contribution in [0.4, 0.5) is 10.1 Å². The van der Waals surface area contributed by atoms with E-state index in [4.69, 9.17) is 9.47 Å². The molecule has 0 saturated carbocycles. The van der Waals surface area contributed by atoms with E-state index in [0.717, 1.165) is 47.6 Å². The maximum atomic E-state index is 13.0. The van der Waals surface area contributed by atoms with Crippen molar-refractivity contribution < 1.29 is 28.2 Å². The Balaban J connectivity index is 0.947. The number of anilines is 1. The second-order valence-electron chi connectivity index (χ2n) is 10.8. The summed E-state index contributed by atoms with van der Waals surface area (Å²) in [6.45, 7) is 1.35. The van der Waals surface area contributed by atoms with Gasteiger partial charge < -0.3 is 9.47 Å². The van der Waals surface area contributed by atoms with Gasteiger partial charge in [0.05, 0.1) is 18.9 Å². The number of unbranched alkanes of at least 4 members (excludes halogenated alkanes) is 9. The molecule has 1 aliphatic rings. The molecule has 3 aromatic carbocycles. The molecule has 0 aliphatic carbocycles. The quantitative estimate of drug-likeness (QED) is 0.0600. The van der Waals surface area contributed by atoms with Crippen LogP contribution in [0.3, 0.4) is 0 Å². The van der Waals surface area contributed by atoms with Gasteiger partial charge in [0.15, 0.2) is 5.78 Å². The minimum absolute atomic E-state index is 0.163. The van der Waals surface area contributed by atoms with Gasteiger partial charge in [0.1, 0.15) is 17.3 Å². The zero-order valence-corrected chi connectivity index (χ0v) is 25.1. The number of carbonyl (C=O) groups excluding carboxylic acids is 3. The first-order valence-corrected chi connectivity index (χ1v) is 15.5. The largest absolute Gasteiger partial charge is 0.494 e. The van der Waals surface area contributed by atoms with Crippen molar-refractivity contribution in [3.8, 4) is 11.5 Å². The van der Waals surface area contributed by atoms with Crippen LogP contribution < -0.4 is 14.4 Å². The van der Waals surface area contributed by atoms with Gasteiger partial charge in [0.25, 0.3) is 11.8 Å². The SMILES string of the molecule is O=C(/C=C/c1ccc(OCCCCCCCCCCCCOc2ccc(N3C(=O)C=CC3=O)cc2)cc1)c1ccc(F)cc1. The van der Waals surface area contributed by atoms with Crippen molar-refractivity contribution in [2.45, 2.75) is 64.2 Å². The zero-order valence-electron chi connectivity index (χ0n) is 25.1. The minimum atomic E-state index is -0.359. The van der Waals surface area contributed by atoms with Crippen molar-refractivity contribution in [2.75, 3.05) is 18.1 Å². The molecular formula is C37H40FNO5. The standard InChI is InChI=1S/C37H40FNO5/c38-31-16-14-30(15-17-31)35(40)24-13-29-11-20-33(21-12-29)43-27-9-7-5-3-1-2-4-6-8-10-28-44-34-22-18-32(19-23-34)39-36(41)25-26-37(39)42/h11-26H,1-10,27-28H2/b24-13+. The van der Waals surface area contributed by atoms with Crippen LogP contribution in [0.1, 0.15) is 80.1 Å². The normalized spacial score (nSPS) is 12.8. The predicted molar refractivity (Wildman–Crippen MR) is 171 cm³/mol. The summed E-state index contributed by atoms with van der Waals surface area (Å²) < 4.78 is 24.7. The molecule has 6 nitrogen and oxygen atoms in total. The molecule has 0 spiro atoms. The second kappa shape index (κ2) is 17.6. The first-order valence-electron chi connectivity index (χ1n) is 15.5. The molecule has 230 valence electrons. The van der Waals surface area contributed by atoms with Crippen LogP contribution in [0.25, 0.3) is 6.08 Å². The van der Waals surface area contributed by atoms with Crippen molar-refractivity contribution in [3.05, 3.63) is 108 Å². The molecule has 0 N–H and O–H groups in total. The fourth-order valence-corrected chi connectivity index (χ4v) is 4.90. The summed E-state index contributed by atoms with van der Waals surface area (Å²) in [7, 11) is 0. The Kier molecular flexibility index (Phi) is 12.9.